The molecule has 2 nitrogen and oxygen atoms in total. The molecule has 2 rings (SSSR count). The van der Waals surface area contributed by atoms with Gasteiger partial charge < -0.3 is 5.32 Å². The maximum absolute atomic E-state index is 13.1. The Morgan fingerprint density at radius 1 is 1.53 bits per heavy atom. The maximum atomic E-state index is 13.1. The largest absolute Gasteiger partial charge is 0.348 e. The van der Waals surface area contributed by atoms with Crippen molar-refractivity contribution in [2.24, 2.45) is 0 Å². The Kier molecular flexibility index (Phi) is 4.05. The number of amides is 1. The summed E-state index contributed by atoms with van der Waals surface area (Å²) in [5.41, 5.74) is 1.05. The fourth-order valence-electron chi connectivity index (χ4n) is 1.91. The Bertz CT molecular complexity index is 416. The highest BCUT2D eigenvalue weighted by Crippen LogP contribution is 2.17. The van der Waals surface area contributed by atoms with E-state index in [-0.39, 0.29) is 17.8 Å². The van der Waals surface area contributed by atoms with Gasteiger partial charge in [-0.2, -0.15) is 11.8 Å². The number of carbonyl (C=O) groups excluding carboxylic acids is 1. The Hall–Kier alpha value is -1.03. The lowest BCUT2D eigenvalue weighted by atomic mass is 10.1. The van der Waals surface area contributed by atoms with Crippen LogP contribution in [0.5, 0.6) is 0 Å². The van der Waals surface area contributed by atoms with Crippen molar-refractivity contribution in [2.45, 2.75) is 25.8 Å². The average molecular weight is 253 g/mol. The van der Waals surface area contributed by atoms with Gasteiger partial charge in [-0.25, -0.2) is 4.39 Å². The zero-order chi connectivity index (χ0) is 12.3. The Balaban J connectivity index is 2.01. The van der Waals surface area contributed by atoms with Crippen LogP contribution in [-0.4, -0.2) is 23.5 Å². The lowest BCUT2D eigenvalue weighted by Gasteiger charge is -2.22. The minimum Gasteiger partial charge on any atom is -0.348 e. The van der Waals surface area contributed by atoms with E-state index in [4.69, 9.17) is 0 Å². The number of hydrogen-bond donors (Lipinski definition) is 1. The monoisotopic (exact) mass is 253 g/mol. The standard InChI is InChI=1S/C13H16FNOS/c1-9-7-10(4-5-12(9)14)13(16)15-11-3-2-6-17-8-11/h4-5,7,11H,2-3,6,8H2,1H3,(H,15,16). The molecule has 1 saturated heterocycles. The number of aryl methyl sites for hydroxylation is 1. The van der Waals surface area contributed by atoms with Crippen LogP contribution in [0.3, 0.4) is 0 Å². The number of halogens is 1. The summed E-state index contributed by atoms with van der Waals surface area (Å²) in [5, 5.41) is 3.00. The van der Waals surface area contributed by atoms with Gasteiger partial charge in [0.05, 0.1) is 0 Å². The smallest absolute Gasteiger partial charge is 0.251 e. The maximum Gasteiger partial charge on any atom is 0.251 e. The van der Waals surface area contributed by atoms with Gasteiger partial charge in [0.1, 0.15) is 5.82 Å². The first-order valence-corrected chi connectivity index (χ1v) is 6.97. The van der Waals surface area contributed by atoms with Crippen molar-refractivity contribution in [3.63, 3.8) is 0 Å². The van der Waals surface area contributed by atoms with Crippen LogP contribution in [0, 0.1) is 12.7 Å². The molecule has 92 valence electrons. The number of benzene rings is 1. The Labute approximate surface area is 105 Å². The first kappa shape index (κ1) is 12.4. The summed E-state index contributed by atoms with van der Waals surface area (Å²) in [6.07, 6.45) is 2.19. The summed E-state index contributed by atoms with van der Waals surface area (Å²) in [5.74, 6) is 1.80. The molecule has 1 aromatic carbocycles. The second-order valence-electron chi connectivity index (χ2n) is 4.35. The zero-order valence-corrected chi connectivity index (χ0v) is 10.6. The van der Waals surface area contributed by atoms with Crippen molar-refractivity contribution in [3.05, 3.63) is 35.1 Å². The molecule has 0 spiro atoms. The predicted molar refractivity (Wildman–Crippen MR) is 69.0 cm³/mol. The van der Waals surface area contributed by atoms with E-state index in [1.165, 1.54) is 17.9 Å². The summed E-state index contributed by atoms with van der Waals surface area (Å²) < 4.78 is 13.1. The van der Waals surface area contributed by atoms with E-state index in [1.807, 2.05) is 11.8 Å². The van der Waals surface area contributed by atoms with Crippen LogP contribution >= 0.6 is 11.8 Å². The minimum atomic E-state index is -0.269. The average Bonchev–Trinajstić information content (AvgIpc) is 2.34. The van der Waals surface area contributed by atoms with Crippen LogP contribution in [-0.2, 0) is 0 Å². The predicted octanol–water partition coefficient (Wildman–Crippen LogP) is 2.76. The van der Waals surface area contributed by atoms with Crippen molar-refractivity contribution in [1.82, 2.24) is 5.32 Å². The molecule has 0 saturated carbocycles. The van der Waals surface area contributed by atoms with E-state index in [0.29, 0.717) is 11.1 Å². The van der Waals surface area contributed by atoms with E-state index in [2.05, 4.69) is 5.32 Å². The van der Waals surface area contributed by atoms with Gasteiger partial charge in [0.25, 0.3) is 5.91 Å². The van der Waals surface area contributed by atoms with E-state index >= 15 is 0 Å². The van der Waals surface area contributed by atoms with Gasteiger partial charge >= 0.3 is 0 Å². The van der Waals surface area contributed by atoms with Gasteiger partial charge in [0.2, 0.25) is 0 Å². The minimum absolute atomic E-state index is 0.0967. The van der Waals surface area contributed by atoms with Gasteiger partial charge in [-0.3, -0.25) is 4.79 Å². The SMILES string of the molecule is Cc1cc(C(=O)NC2CCCSC2)ccc1F. The molecule has 1 aromatic rings. The second-order valence-corrected chi connectivity index (χ2v) is 5.50. The van der Waals surface area contributed by atoms with Crippen molar-refractivity contribution >= 4 is 17.7 Å². The van der Waals surface area contributed by atoms with Crippen molar-refractivity contribution < 1.29 is 9.18 Å². The lowest BCUT2D eigenvalue weighted by molar-refractivity contribution is 0.0938. The third-order valence-corrected chi connectivity index (χ3v) is 4.13. The van der Waals surface area contributed by atoms with Gasteiger partial charge in [0.15, 0.2) is 0 Å². The van der Waals surface area contributed by atoms with Crippen LogP contribution < -0.4 is 5.32 Å². The quantitative estimate of drug-likeness (QED) is 0.878. The molecule has 1 aliphatic rings. The Morgan fingerprint density at radius 3 is 3.00 bits per heavy atom. The summed E-state index contributed by atoms with van der Waals surface area (Å²) in [4.78, 5) is 11.9. The van der Waals surface area contributed by atoms with E-state index < -0.39 is 0 Å². The van der Waals surface area contributed by atoms with Crippen LogP contribution in [0.4, 0.5) is 4.39 Å². The van der Waals surface area contributed by atoms with Gasteiger partial charge in [0, 0.05) is 17.4 Å². The third kappa shape index (κ3) is 3.22. The number of carbonyl (C=O) groups is 1. The van der Waals surface area contributed by atoms with Crippen LogP contribution in [0.2, 0.25) is 0 Å². The molecule has 0 bridgehead atoms. The highest BCUT2D eigenvalue weighted by molar-refractivity contribution is 7.99. The van der Waals surface area contributed by atoms with Crippen LogP contribution in [0.25, 0.3) is 0 Å². The molecular weight excluding hydrogens is 237 g/mol. The van der Waals surface area contributed by atoms with E-state index in [0.717, 1.165) is 18.6 Å². The summed E-state index contributed by atoms with van der Waals surface area (Å²) in [6.45, 7) is 1.67. The molecule has 1 N–H and O–H groups in total. The number of nitrogens with one attached hydrogen (secondary N) is 1. The summed E-state index contributed by atoms with van der Waals surface area (Å²) in [6, 6.07) is 4.74. The third-order valence-electron chi connectivity index (χ3n) is 2.92. The summed E-state index contributed by atoms with van der Waals surface area (Å²) >= 11 is 1.87. The molecule has 1 heterocycles. The number of rotatable bonds is 2. The van der Waals surface area contributed by atoms with Crippen LogP contribution in [0.15, 0.2) is 18.2 Å². The van der Waals surface area contributed by atoms with Crippen molar-refractivity contribution in [2.75, 3.05) is 11.5 Å². The number of thioether (sulfide) groups is 1. The lowest BCUT2D eigenvalue weighted by Crippen LogP contribution is -2.38. The van der Waals surface area contributed by atoms with Crippen LogP contribution in [0.1, 0.15) is 28.8 Å². The van der Waals surface area contributed by atoms with E-state index in [1.54, 1.807) is 13.0 Å². The fourth-order valence-corrected chi connectivity index (χ4v) is 2.98. The van der Waals surface area contributed by atoms with E-state index in [9.17, 15) is 9.18 Å². The molecule has 17 heavy (non-hydrogen) atoms. The highest BCUT2D eigenvalue weighted by Gasteiger charge is 2.17. The zero-order valence-electron chi connectivity index (χ0n) is 9.83. The summed E-state index contributed by atoms with van der Waals surface area (Å²) in [7, 11) is 0. The van der Waals surface area contributed by atoms with Gasteiger partial charge in [-0.05, 0) is 49.3 Å². The molecule has 0 aromatic heterocycles. The molecular formula is C13H16FNOS. The Morgan fingerprint density at radius 2 is 2.35 bits per heavy atom. The first-order valence-electron chi connectivity index (χ1n) is 5.81. The molecule has 1 amide bonds. The molecule has 0 radical (unpaired) electrons. The molecule has 0 aliphatic carbocycles. The van der Waals surface area contributed by atoms with Gasteiger partial charge in [-0.1, -0.05) is 0 Å². The number of hydrogen-bond acceptors (Lipinski definition) is 2. The normalized spacial score (nSPS) is 20.0. The van der Waals surface area contributed by atoms with Gasteiger partial charge in [-0.15, -0.1) is 0 Å². The van der Waals surface area contributed by atoms with Crippen molar-refractivity contribution in [1.29, 1.82) is 0 Å². The highest BCUT2D eigenvalue weighted by atomic mass is 32.2. The second kappa shape index (κ2) is 5.54. The first-order chi connectivity index (χ1) is 8.16. The fraction of sp³-hybridized carbons (Fsp3) is 0.462. The molecule has 1 fully saturated rings. The molecule has 1 aliphatic heterocycles. The van der Waals surface area contributed by atoms with Crippen molar-refractivity contribution in [3.8, 4) is 0 Å². The topological polar surface area (TPSA) is 29.1 Å². The molecule has 4 heteroatoms. The molecule has 1 unspecified atom stereocenters. The molecule has 1 atom stereocenters.